The average molecular weight is 456 g/mol. The van der Waals surface area contributed by atoms with Gasteiger partial charge in [-0.3, -0.25) is 0 Å². The van der Waals surface area contributed by atoms with Gasteiger partial charge in [-0.05, 0) is 56.9 Å². The lowest BCUT2D eigenvalue weighted by atomic mass is 9.88. The van der Waals surface area contributed by atoms with Crippen molar-refractivity contribution in [2.45, 2.75) is 51.7 Å². The van der Waals surface area contributed by atoms with Crippen LogP contribution in [0.1, 0.15) is 49.4 Å². The molecule has 0 bridgehead atoms. The largest absolute Gasteiger partial charge is 0.364 e. The molecule has 176 valence electrons. The van der Waals surface area contributed by atoms with E-state index in [4.69, 9.17) is 0 Å². The van der Waals surface area contributed by atoms with E-state index in [1.807, 2.05) is 19.1 Å². The SMILES string of the molecule is C=C(/C=c1/c(N[C@H](C)c2cccc(C#N)c2C)nnc(N2CCCC2)/c1=C/C)N1CC2NC[C@@H]21. The molecule has 2 aromatic rings. The zero-order chi connectivity index (χ0) is 23.8. The van der Waals surface area contributed by atoms with Crippen LogP contribution in [0, 0.1) is 18.3 Å². The molecule has 3 atom stereocenters. The highest BCUT2D eigenvalue weighted by molar-refractivity contribution is 5.59. The van der Waals surface area contributed by atoms with E-state index in [1.165, 1.54) is 12.8 Å². The first-order chi connectivity index (χ1) is 16.5. The first-order valence-corrected chi connectivity index (χ1v) is 12.3. The van der Waals surface area contributed by atoms with Crippen molar-refractivity contribution in [1.29, 1.82) is 5.26 Å². The van der Waals surface area contributed by atoms with E-state index >= 15 is 0 Å². The Balaban J connectivity index is 1.56. The topological polar surface area (TPSA) is 80.1 Å². The number of nitriles is 1. The highest BCUT2D eigenvalue weighted by Gasteiger charge is 2.45. The van der Waals surface area contributed by atoms with Gasteiger partial charge >= 0.3 is 0 Å². The van der Waals surface area contributed by atoms with Crippen LogP contribution < -0.4 is 26.0 Å². The fraction of sp³-hybridized carbons (Fsp3) is 0.444. The van der Waals surface area contributed by atoms with Crippen molar-refractivity contribution in [2.75, 3.05) is 36.4 Å². The van der Waals surface area contributed by atoms with Crippen molar-refractivity contribution < 1.29 is 0 Å². The summed E-state index contributed by atoms with van der Waals surface area (Å²) in [4.78, 5) is 4.72. The second-order valence-corrected chi connectivity index (χ2v) is 9.55. The van der Waals surface area contributed by atoms with Gasteiger partial charge in [-0.15, -0.1) is 10.2 Å². The number of fused-ring (bicyclic) bond motifs is 1. The third-order valence-corrected chi connectivity index (χ3v) is 7.57. The highest BCUT2D eigenvalue weighted by atomic mass is 15.4. The Kier molecular flexibility index (Phi) is 6.01. The third kappa shape index (κ3) is 3.82. The van der Waals surface area contributed by atoms with Gasteiger partial charge in [0.1, 0.15) is 0 Å². The predicted molar refractivity (Wildman–Crippen MR) is 137 cm³/mol. The molecule has 5 rings (SSSR count). The number of aromatic nitrogens is 2. The number of allylic oxidation sites excluding steroid dienone is 1. The van der Waals surface area contributed by atoms with Gasteiger partial charge in [0.15, 0.2) is 11.6 Å². The molecule has 2 N–H and O–H groups in total. The fourth-order valence-corrected chi connectivity index (χ4v) is 5.37. The maximum Gasteiger partial charge on any atom is 0.158 e. The van der Waals surface area contributed by atoms with Gasteiger partial charge in [-0.25, -0.2) is 0 Å². The molecule has 0 spiro atoms. The molecule has 1 unspecified atom stereocenters. The first kappa shape index (κ1) is 22.4. The summed E-state index contributed by atoms with van der Waals surface area (Å²) in [7, 11) is 0. The molecule has 4 heterocycles. The van der Waals surface area contributed by atoms with Gasteiger partial charge in [0.2, 0.25) is 0 Å². The number of piperazine rings is 1. The van der Waals surface area contributed by atoms with Gasteiger partial charge in [0, 0.05) is 48.4 Å². The number of rotatable bonds is 6. The number of anilines is 2. The van der Waals surface area contributed by atoms with Gasteiger partial charge < -0.3 is 20.4 Å². The third-order valence-electron chi connectivity index (χ3n) is 7.57. The lowest BCUT2D eigenvalue weighted by Gasteiger charge is -2.57. The quantitative estimate of drug-likeness (QED) is 0.691. The molecule has 1 aromatic heterocycles. The van der Waals surface area contributed by atoms with E-state index in [2.05, 4.69) is 75.3 Å². The summed E-state index contributed by atoms with van der Waals surface area (Å²) >= 11 is 0. The molecule has 34 heavy (non-hydrogen) atoms. The van der Waals surface area contributed by atoms with Gasteiger partial charge in [0.05, 0.1) is 23.7 Å². The molecule has 0 saturated carbocycles. The predicted octanol–water partition coefficient (Wildman–Crippen LogP) is 2.18. The van der Waals surface area contributed by atoms with Crippen molar-refractivity contribution in [3.8, 4) is 6.07 Å². The van der Waals surface area contributed by atoms with Crippen LogP contribution in [0.25, 0.3) is 12.2 Å². The minimum atomic E-state index is -0.0328. The summed E-state index contributed by atoms with van der Waals surface area (Å²) in [6, 6.07) is 9.28. The van der Waals surface area contributed by atoms with E-state index in [9.17, 15) is 5.26 Å². The van der Waals surface area contributed by atoms with E-state index in [0.717, 1.165) is 65.1 Å². The van der Waals surface area contributed by atoms with Gasteiger partial charge in [-0.1, -0.05) is 24.8 Å². The van der Waals surface area contributed by atoms with Crippen molar-refractivity contribution >= 4 is 23.8 Å². The molecule has 0 aliphatic carbocycles. The Morgan fingerprint density at radius 1 is 1.29 bits per heavy atom. The molecule has 1 aromatic carbocycles. The van der Waals surface area contributed by atoms with Crippen LogP contribution in [0.4, 0.5) is 11.6 Å². The Bertz CT molecular complexity index is 1270. The monoisotopic (exact) mass is 455 g/mol. The second kappa shape index (κ2) is 9.11. The maximum absolute atomic E-state index is 9.46. The highest BCUT2D eigenvalue weighted by Crippen LogP contribution is 2.29. The molecule has 7 heteroatoms. The number of hydrogen-bond acceptors (Lipinski definition) is 7. The number of nitrogens with zero attached hydrogens (tertiary/aromatic N) is 5. The van der Waals surface area contributed by atoms with Crippen molar-refractivity contribution in [2.24, 2.45) is 0 Å². The standard InChI is InChI=1S/C27H33N7/c1-5-21-23(13-17(2)34-16-24-25(34)15-29-24)26(31-32-27(21)33-11-6-7-12-33)30-19(4)22-10-8-9-20(14-28)18(22)3/h5,8-10,13,19,24-25,29H,2,6-7,11-12,15-16H2,1,3-4H3,(H,30,31)/b21-5+,23-13+/t19-,24?,25+/m1/s1. The summed E-state index contributed by atoms with van der Waals surface area (Å²) in [5.74, 6) is 1.70. The van der Waals surface area contributed by atoms with Crippen molar-refractivity contribution in [3.05, 3.63) is 57.6 Å². The Morgan fingerprint density at radius 2 is 2.09 bits per heavy atom. The zero-order valence-corrected chi connectivity index (χ0v) is 20.3. The summed E-state index contributed by atoms with van der Waals surface area (Å²) in [5.41, 5.74) is 3.80. The molecule has 0 radical (unpaired) electrons. The van der Waals surface area contributed by atoms with Crippen LogP contribution in [0.15, 0.2) is 30.5 Å². The molecule has 3 fully saturated rings. The summed E-state index contributed by atoms with van der Waals surface area (Å²) in [6.45, 7) is 14.6. The Labute approximate surface area is 201 Å². The van der Waals surface area contributed by atoms with Crippen LogP contribution >= 0.6 is 0 Å². The Hall–Kier alpha value is -3.37. The van der Waals surface area contributed by atoms with Crippen molar-refractivity contribution in [1.82, 2.24) is 20.4 Å². The van der Waals surface area contributed by atoms with E-state index in [0.29, 0.717) is 17.6 Å². The first-order valence-electron chi connectivity index (χ1n) is 12.3. The molecule has 3 aliphatic rings. The summed E-state index contributed by atoms with van der Waals surface area (Å²) in [6.07, 6.45) is 6.69. The van der Waals surface area contributed by atoms with E-state index in [1.54, 1.807) is 0 Å². The van der Waals surface area contributed by atoms with Gasteiger partial charge in [-0.2, -0.15) is 5.26 Å². The number of hydrogen-bond donors (Lipinski definition) is 2. The fourth-order valence-electron chi connectivity index (χ4n) is 5.37. The molecular weight excluding hydrogens is 422 g/mol. The molecular formula is C27H33N7. The minimum absolute atomic E-state index is 0.0328. The maximum atomic E-state index is 9.46. The average Bonchev–Trinajstić information content (AvgIpc) is 3.36. The van der Waals surface area contributed by atoms with E-state index in [-0.39, 0.29) is 6.04 Å². The number of likely N-dealkylation sites (tertiary alicyclic amines) is 1. The lowest BCUT2D eigenvalue weighted by Crippen LogP contribution is -2.76. The van der Waals surface area contributed by atoms with Crippen LogP contribution in [0.2, 0.25) is 0 Å². The zero-order valence-electron chi connectivity index (χ0n) is 20.3. The lowest BCUT2D eigenvalue weighted by molar-refractivity contribution is 0.0184. The van der Waals surface area contributed by atoms with Gasteiger partial charge in [0.25, 0.3) is 0 Å². The van der Waals surface area contributed by atoms with Crippen LogP contribution in [0.5, 0.6) is 0 Å². The summed E-state index contributed by atoms with van der Waals surface area (Å²) < 4.78 is 0. The number of nitrogens with one attached hydrogen (secondary N) is 2. The normalized spacial score (nSPS) is 23.1. The molecule has 7 nitrogen and oxygen atoms in total. The molecule has 0 amide bonds. The number of benzene rings is 1. The van der Waals surface area contributed by atoms with Crippen molar-refractivity contribution in [3.63, 3.8) is 0 Å². The Morgan fingerprint density at radius 3 is 2.71 bits per heavy atom. The summed E-state index contributed by atoms with van der Waals surface area (Å²) in [5, 5.41) is 28.0. The van der Waals surface area contributed by atoms with Crippen LogP contribution in [0.3, 0.4) is 0 Å². The smallest absolute Gasteiger partial charge is 0.158 e. The molecule has 3 saturated heterocycles. The second-order valence-electron chi connectivity index (χ2n) is 9.55. The van der Waals surface area contributed by atoms with Crippen LogP contribution in [-0.2, 0) is 0 Å². The van der Waals surface area contributed by atoms with E-state index < -0.39 is 0 Å². The molecule has 3 aliphatic heterocycles. The van der Waals surface area contributed by atoms with Crippen LogP contribution in [-0.4, -0.2) is 53.4 Å². The minimum Gasteiger partial charge on any atom is -0.364 e.